The summed E-state index contributed by atoms with van der Waals surface area (Å²) in [5.41, 5.74) is 2.48. The van der Waals surface area contributed by atoms with Crippen LogP contribution in [0, 0.1) is 11.7 Å². The van der Waals surface area contributed by atoms with Crippen LogP contribution in [0.2, 0.25) is 0 Å². The van der Waals surface area contributed by atoms with Gasteiger partial charge in [-0.1, -0.05) is 48.5 Å². The average molecular weight is 472 g/mol. The molecule has 178 valence electrons. The summed E-state index contributed by atoms with van der Waals surface area (Å²) in [6.07, 6.45) is 2.85. The van der Waals surface area contributed by atoms with Gasteiger partial charge < -0.3 is 10.2 Å². The second kappa shape index (κ2) is 10.0. The lowest BCUT2D eigenvalue weighted by Crippen LogP contribution is -2.43. The summed E-state index contributed by atoms with van der Waals surface area (Å²) in [5.74, 6) is -0.227. The van der Waals surface area contributed by atoms with E-state index in [1.165, 1.54) is 6.07 Å². The number of pyridine rings is 1. The average Bonchev–Trinajstić information content (AvgIpc) is 2.90. The zero-order valence-corrected chi connectivity index (χ0v) is 19.2. The van der Waals surface area contributed by atoms with Gasteiger partial charge in [-0.25, -0.2) is 14.4 Å². The van der Waals surface area contributed by atoms with Gasteiger partial charge in [0.15, 0.2) is 11.5 Å². The van der Waals surface area contributed by atoms with Crippen LogP contribution in [0.5, 0.6) is 0 Å². The van der Waals surface area contributed by atoms with Gasteiger partial charge in [-0.15, -0.1) is 0 Å². The van der Waals surface area contributed by atoms with Gasteiger partial charge in [0.05, 0.1) is 6.54 Å². The summed E-state index contributed by atoms with van der Waals surface area (Å²) in [6, 6.07) is 19.9. The zero-order chi connectivity index (χ0) is 24.2. The highest BCUT2D eigenvalue weighted by Crippen LogP contribution is 2.22. The lowest BCUT2D eigenvalue weighted by atomic mass is 9.96. The topological polar surface area (TPSA) is 80.1 Å². The van der Waals surface area contributed by atoms with E-state index in [1.807, 2.05) is 47.4 Å². The largest absolute Gasteiger partial charge is 0.352 e. The first-order chi connectivity index (χ1) is 17.1. The van der Waals surface area contributed by atoms with Crippen LogP contribution in [0.1, 0.15) is 24.0 Å². The van der Waals surface area contributed by atoms with Gasteiger partial charge in [-0.05, 0) is 36.6 Å². The minimum atomic E-state index is -0.328. The number of piperidine rings is 1. The minimum absolute atomic E-state index is 0.0925. The lowest BCUT2D eigenvalue weighted by molar-refractivity contribution is -0.125. The highest BCUT2D eigenvalue weighted by molar-refractivity contribution is 5.79. The van der Waals surface area contributed by atoms with E-state index < -0.39 is 0 Å². The summed E-state index contributed by atoms with van der Waals surface area (Å²) >= 11 is 0. The van der Waals surface area contributed by atoms with Crippen molar-refractivity contribution in [1.29, 1.82) is 0 Å². The molecule has 0 atom stereocenters. The van der Waals surface area contributed by atoms with Gasteiger partial charge >= 0.3 is 0 Å². The molecule has 1 fully saturated rings. The molecule has 2 aromatic heterocycles. The molecule has 2 aromatic carbocycles. The van der Waals surface area contributed by atoms with Crippen molar-refractivity contribution in [2.24, 2.45) is 5.92 Å². The van der Waals surface area contributed by atoms with Crippen molar-refractivity contribution in [3.63, 3.8) is 0 Å². The molecule has 1 aliphatic heterocycles. The molecule has 1 saturated heterocycles. The van der Waals surface area contributed by atoms with Crippen LogP contribution < -0.4 is 15.8 Å². The van der Waals surface area contributed by atoms with Gasteiger partial charge in [0, 0.05) is 37.3 Å². The van der Waals surface area contributed by atoms with Crippen LogP contribution in [0.4, 0.5) is 10.2 Å². The van der Waals surface area contributed by atoms with Crippen LogP contribution >= 0.6 is 0 Å². The third kappa shape index (κ3) is 4.91. The van der Waals surface area contributed by atoms with Crippen LogP contribution in [0.15, 0.2) is 77.7 Å². The van der Waals surface area contributed by atoms with Crippen molar-refractivity contribution in [2.45, 2.75) is 25.9 Å². The van der Waals surface area contributed by atoms with E-state index >= 15 is 0 Å². The Morgan fingerprint density at radius 1 is 1.00 bits per heavy atom. The predicted octanol–water partition coefficient (Wildman–Crippen LogP) is 3.51. The van der Waals surface area contributed by atoms with E-state index in [1.54, 1.807) is 29.0 Å². The first-order valence-electron chi connectivity index (χ1n) is 11.8. The van der Waals surface area contributed by atoms with Crippen molar-refractivity contribution in [3.05, 3.63) is 100 Å². The molecule has 7 nitrogen and oxygen atoms in total. The van der Waals surface area contributed by atoms with Crippen LogP contribution in [0.3, 0.4) is 0 Å². The first kappa shape index (κ1) is 22.7. The minimum Gasteiger partial charge on any atom is -0.352 e. The molecule has 0 radical (unpaired) electrons. The van der Waals surface area contributed by atoms with Gasteiger partial charge in [0.25, 0.3) is 5.56 Å². The monoisotopic (exact) mass is 471 g/mol. The quantitative estimate of drug-likeness (QED) is 0.466. The molecule has 5 rings (SSSR count). The maximum atomic E-state index is 13.8. The predicted molar refractivity (Wildman–Crippen MR) is 133 cm³/mol. The Hall–Kier alpha value is -4.07. The molecule has 1 N–H and O–H groups in total. The normalized spacial score (nSPS) is 14.3. The third-order valence-electron chi connectivity index (χ3n) is 6.44. The van der Waals surface area contributed by atoms with E-state index in [0.29, 0.717) is 55.0 Å². The number of anilines is 1. The van der Waals surface area contributed by atoms with Crippen molar-refractivity contribution < 1.29 is 9.18 Å². The Bertz CT molecular complexity index is 1400. The van der Waals surface area contributed by atoms with Gasteiger partial charge in [-0.3, -0.25) is 14.2 Å². The number of hydrogen-bond acceptors (Lipinski definition) is 5. The van der Waals surface area contributed by atoms with Gasteiger partial charge in [0.2, 0.25) is 5.91 Å². The Morgan fingerprint density at radius 2 is 1.74 bits per heavy atom. The molecule has 4 aromatic rings. The number of nitrogens with one attached hydrogen (secondary N) is 1. The van der Waals surface area contributed by atoms with Crippen LogP contribution in [-0.4, -0.2) is 33.5 Å². The molecule has 0 bridgehead atoms. The van der Waals surface area contributed by atoms with Crippen molar-refractivity contribution in [1.82, 2.24) is 19.9 Å². The van der Waals surface area contributed by atoms with Crippen molar-refractivity contribution in [2.75, 3.05) is 18.0 Å². The number of carbonyl (C=O) groups is 1. The summed E-state index contributed by atoms with van der Waals surface area (Å²) in [6.45, 7) is 1.64. The Kier molecular flexibility index (Phi) is 6.52. The molecular weight excluding hydrogens is 445 g/mol. The number of carbonyl (C=O) groups excluding carboxylic acids is 1. The Labute approximate surface area is 202 Å². The van der Waals surface area contributed by atoms with E-state index in [0.717, 1.165) is 5.56 Å². The lowest BCUT2D eigenvalue weighted by Gasteiger charge is -2.32. The second-order valence-electron chi connectivity index (χ2n) is 8.73. The van der Waals surface area contributed by atoms with Crippen LogP contribution in [0.25, 0.3) is 11.2 Å². The Balaban J connectivity index is 1.32. The highest BCUT2D eigenvalue weighted by atomic mass is 19.1. The SMILES string of the molecule is O=C(NCc1ccccc1F)C1CCN(c2nc3cccnc3n(Cc3ccccc3)c2=O)CC1. The molecule has 0 aliphatic carbocycles. The maximum absolute atomic E-state index is 13.8. The maximum Gasteiger partial charge on any atom is 0.295 e. The number of halogens is 1. The number of nitrogens with zero attached hydrogens (tertiary/aromatic N) is 4. The highest BCUT2D eigenvalue weighted by Gasteiger charge is 2.28. The molecule has 1 aliphatic rings. The number of rotatable bonds is 6. The Morgan fingerprint density at radius 3 is 2.51 bits per heavy atom. The summed E-state index contributed by atoms with van der Waals surface area (Å²) < 4.78 is 15.5. The first-order valence-corrected chi connectivity index (χ1v) is 11.8. The fourth-order valence-electron chi connectivity index (χ4n) is 4.50. The number of hydrogen-bond donors (Lipinski definition) is 1. The standard InChI is InChI=1S/C27H26FN5O2/c28-22-10-5-4-9-21(22)17-30-26(34)20-12-15-32(16-13-20)25-27(35)33(18-19-7-2-1-3-8-19)24-23(31-25)11-6-14-29-24/h1-11,14,20H,12-13,15-18H2,(H,30,34). The number of benzene rings is 2. The number of amides is 1. The molecular formula is C27H26FN5O2. The van der Waals surface area contributed by atoms with Gasteiger partial charge in [-0.2, -0.15) is 0 Å². The molecule has 8 heteroatoms. The van der Waals surface area contributed by atoms with E-state index in [4.69, 9.17) is 0 Å². The van der Waals surface area contributed by atoms with E-state index in [-0.39, 0.29) is 29.7 Å². The van der Waals surface area contributed by atoms with E-state index in [2.05, 4.69) is 15.3 Å². The fourth-order valence-corrected chi connectivity index (χ4v) is 4.50. The third-order valence-corrected chi connectivity index (χ3v) is 6.44. The summed E-state index contributed by atoms with van der Waals surface area (Å²) in [5, 5.41) is 2.85. The van der Waals surface area contributed by atoms with Gasteiger partial charge in [0.1, 0.15) is 11.3 Å². The molecule has 0 saturated carbocycles. The fraction of sp³-hybridized carbons (Fsp3) is 0.259. The van der Waals surface area contributed by atoms with Crippen molar-refractivity contribution in [3.8, 4) is 0 Å². The molecule has 0 unspecified atom stereocenters. The number of aromatic nitrogens is 3. The van der Waals surface area contributed by atoms with Crippen LogP contribution in [-0.2, 0) is 17.9 Å². The molecule has 0 spiro atoms. The molecule has 35 heavy (non-hydrogen) atoms. The zero-order valence-electron chi connectivity index (χ0n) is 19.2. The molecule has 1 amide bonds. The number of fused-ring (bicyclic) bond motifs is 1. The summed E-state index contributed by atoms with van der Waals surface area (Å²) in [7, 11) is 0. The summed E-state index contributed by atoms with van der Waals surface area (Å²) in [4.78, 5) is 37.2. The molecule has 3 heterocycles. The second-order valence-corrected chi connectivity index (χ2v) is 8.73. The van der Waals surface area contributed by atoms with E-state index in [9.17, 15) is 14.0 Å². The van der Waals surface area contributed by atoms with Crippen molar-refractivity contribution >= 4 is 22.9 Å². The smallest absolute Gasteiger partial charge is 0.295 e.